The Morgan fingerprint density at radius 2 is 2.33 bits per heavy atom. The molecule has 1 aliphatic heterocycles. The highest BCUT2D eigenvalue weighted by Crippen LogP contribution is 2.33. The number of aromatic hydroxyl groups is 1. The van der Waals surface area contributed by atoms with Crippen molar-refractivity contribution in [2.24, 2.45) is 0 Å². The van der Waals surface area contributed by atoms with Crippen LogP contribution in [0.5, 0.6) is 5.75 Å². The van der Waals surface area contributed by atoms with E-state index < -0.39 is 0 Å². The number of aldehydes is 1. The number of rotatable bonds is 2. The number of phenolic OH excluding ortho intramolecular Hbond substituents is 1. The van der Waals surface area contributed by atoms with Crippen LogP contribution in [-0.4, -0.2) is 24.5 Å². The fraction of sp³-hybridized carbons (Fsp3) is 0.417. The first-order valence-corrected chi connectivity index (χ1v) is 5.21. The Hall–Kier alpha value is -1.35. The van der Waals surface area contributed by atoms with Gasteiger partial charge in [-0.2, -0.15) is 0 Å². The lowest BCUT2D eigenvalue weighted by Gasteiger charge is -2.13. The van der Waals surface area contributed by atoms with Crippen LogP contribution in [0, 0.1) is 6.92 Å². The summed E-state index contributed by atoms with van der Waals surface area (Å²) in [5.74, 6) is 0.493. The van der Waals surface area contributed by atoms with Gasteiger partial charge in [0.1, 0.15) is 5.75 Å². The molecule has 1 atom stereocenters. The van der Waals surface area contributed by atoms with Gasteiger partial charge in [-0.1, -0.05) is 6.07 Å². The Morgan fingerprint density at radius 3 is 2.93 bits per heavy atom. The van der Waals surface area contributed by atoms with Gasteiger partial charge in [-0.3, -0.25) is 4.79 Å². The predicted molar refractivity (Wildman–Crippen MR) is 58.5 cm³/mol. The van der Waals surface area contributed by atoms with Crippen LogP contribution in [0.1, 0.15) is 33.8 Å². The molecular formula is C12H15NO2. The Labute approximate surface area is 89.1 Å². The molecule has 2 rings (SSSR count). The average molecular weight is 205 g/mol. The molecule has 2 N–H and O–H groups in total. The summed E-state index contributed by atoms with van der Waals surface area (Å²) in [6, 6.07) is 3.69. The molecule has 0 spiro atoms. The van der Waals surface area contributed by atoms with Crippen molar-refractivity contribution in [3.05, 3.63) is 28.8 Å². The van der Waals surface area contributed by atoms with E-state index in [1.807, 2.05) is 13.0 Å². The summed E-state index contributed by atoms with van der Waals surface area (Å²) >= 11 is 0. The van der Waals surface area contributed by atoms with E-state index in [0.29, 0.717) is 17.8 Å². The second-order valence-corrected chi connectivity index (χ2v) is 4.10. The predicted octanol–water partition coefficient (Wildman–Crippen LogP) is 1.59. The number of phenols is 1. The molecular weight excluding hydrogens is 190 g/mol. The van der Waals surface area contributed by atoms with Gasteiger partial charge in [-0.25, -0.2) is 0 Å². The van der Waals surface area contributed by atoms with E-state index in [-0.39, 0.29) is 5.75 Å². The van der Waals surface area contributed by atoms with Crippen LogP contribution in [0.4, 0.5) is 0 Å². The molecule has 0 bridgehead atoms. The third-order valence-electron chi connectivity index (χ3n) is 2.94. The molecule has 1 heterocycles. The van der Waals surface area contributed by atoms with Gasteiger partial charge in [0, 0.05) is 12.5 Å². The third kappa shape index (κ3) is 1.88. The first-order chi connectivity index (χ1) is 7.22. The zero-order valence-electron chi connectivity index (χ0n) is 8.79. The molecule has 3 nitrogen and oxygen atoms in total. The summed E-state index contributed by atoms with van der Waals surface area (Å²) in [5.41, 5.74) is 2.33. The zero-order valence-corrected chi connectivity index (χ0v) is 8.79. The minimum Gasteiger partial charge on any atom is -0.507 e. The van der Waals surface area contributed by atoms with Crippen molar-refractivity contribution in [2.75, 3.05) is 13.1 Å². The standard InChI is InChI=1S/C12H15NO2/c1-8-4-10(7-14)12(15)11(5-8)9-2-3-13-6-9/h4-5,7,9,13,15H,2-3,6H2,1H3. The normalized spacial score (nSPS) is 20.5. The molecule has 1 aromatic rings. The molecule has 1 unspecified atom stereocenters. The monoisotopic (exact) mass is 205 g/mol. The Morgan fingerprint density at radius 1 is 1.53 bits per heavy atom. The molecule has 0 aromatic heterocycles. The highest BCUT2D eigenvalue weighted by atomic mass is 16.3. The largest absolute Gasteiger partial charge is 0.507 e. The van der Waals surface area contributed by atoms with Crippen LogP contribution < -0.4 is 5.32 Å². The topological polar surface area (TPSA) is 49.3 Å². The van der Waals surface area contributed by atoms with Gasteiger partial charge in [0.2, 0.25) is 0 Å². The lowest BCUT2D eigenvalue weighted by molar-refractivity contribution is 0.112. The van der Waals surface area contributed by atoms with E-state index >= 15 is 0 Å². The van der Waals surface area contributed by atoms with E-state index in [4.69, 9.17) is 0 Å². The Kier molecular flexibility index (Phi) is 2.73. The van der Waals surface area contributed by atoms with Crippen molar-refractivity contribution in [2.45, 2.75) is 19.3 Å². The molecule has 3 heteroatoms. The van der Waals surface area contributed by atoms with Gasteiger partial charge in [0.15, 0.2) is 6.29 Å². The van der Waals surface area contributed by atoms with Crippen LogP contribution in [-0.2, 0) is 0 Å². The molecule has 80 valence electrons. The van der Waals surface area contributed by atoms with Gasteiger partial charge in [0.25, 0.3) is 0 Å². The number of carbonyl (C=O) groups excluding carboxylic acids is 1. The van der Waals surface area contributed by atoms with Crippen molar-refractivity contribution in [1.82, 2.24) is 5.32 Å². The van der Waals surface area contributed by atoms with Gasteiger partial charge >= 0.3 is 0 Å². The van der Waals surface area contributed by atoms with Gasteiger partial charge < -0.3 is 10.4 Å². The lowest BCUT2D eigenvalue weighted by atomic mass is 9.93. The summed E-state index contributed by atoms with van der Waals surface area (Å²) in [6.07, 6.45) is 1.74. The highest BCUT2D eigenvalue weighted by molar-refractivity contribution is 5.80. The second kappa shape index (κ2) is 4.03. The van der Waals surface area contributed by atoms with Crippen molar-refractivity contribution in [1.29, 1.82) is 0 Å². The van der Waals surface area contributed by atoms with Gasteiger partial charge in [0.05, 0.1) is 5.56 Å². The summed E-state index contributed by atoms with van der Waals surface area (Å²) in [6.45, 7) is 3.81. The zero-order chi connectivity index (χ0) is 10.8. The van der Waals surface area contributed by atoms with E-state index in [1.54, 1.807) is 6.07 Å². The average Bonchev–Trinajstić information content (AvgIpc) is 2.74. The third-order valence-corrected chi connectivity index (χ3v) is 2.94. The Bertz CT molecular complexity index is 381. The second-order valence-electron chi connectivity index (χ2n) is 4.10. The number of nitrogens with one attached hydrogen (secondary N) is 1. The maximum absolute atomic E-state index is 10.8. The van der Waals surface area contributed by atoms with E-state index in [0.717, 1.165) is 30.6 Å². The molecule has 15 heavy (non-hydrogen) atoms. The SMILES string of the molecule is Cc1cc(C=O)c(O)c(C2CCNC2)c1. The van der Waals surface area contributed by atoms with Crippen LogP contribution in [0.25, 0.3) is 0 Å². The van der Waals surface area contributed by atoms with Gasteiger partial charge in [-0.15, -0.1) is 0 Å². The minimum atomic E-state index is 0.157. The first kappa shape index (κ1) is 10.2. The van der Waals surface area contributed by atoms with Crippen LogP contribution in [0.15, 0.2) is 12.1 Å². The number of carbonyl (C=O) groups is 1. The van der Waals surface area contributed by atoms with Crippen molar-refractivity contribution in [3.8, 4) is 5.75 Å². The van der Waals surface area contributed by atoms with E-state index in [9.17, 15) is 9.90 Å². The van der Waals surface area contributed by atoms with Crippen LogP contribution in [0.3, 0.4) is 0 Å². The van der Waals surface area contributed by atoms with E-state index in [1.165, 1.54) is 0 Å². The number of benzene rings is 1. The smallest absolute Gasteiger partial charge is 0.153 e. The maximum Gasteiger partial charge on any atom is 0.153 e. The lowest BCUT2D eigenvalue weighted by Crippen LogP contribution is -2.08. The first-order valence-electron chi connectivity index (χ1n) is 5.21. The fourth-order valence-corrected chi connectivity index (χ4v) is 2.16. The number of aryl methyl sites for hydroxylation is 1. The summed E-state index contributed by atoms with van der Waals surface area (Å²) in [7, 11) is 0. The molecule has 1 fully saturated rings. The molecule has 0 saturated carbocycles. The maximum atomic E-state index is 10.8. The van der Waals surface area contributed by atoms with Crippen molar-refractivity contribution < 1.29 is 9.90 Å². The van der Waals surface area contributed by atoms with Crippen molar-refractivity contribution >= 4 is 6.29 Å². The Balaban J connectivity index is 2.44. The van der Waals surface area contributed by atoms with E-state index in [2.05, 4.69) is 5.32 Å². The van der Waals surface area contributed by atoms with Crippen LogP contribution >= 0.6 is 0 Å². The molecule has 0 radical (unpaired) electrons. The summed E-state index contributed by atoms with van der Waals surface area (Å²) in [4.78, 5) is 10.8. The molecule has 1 aliphatic rings. The molecule has 0 amide bonds. The number of hydrogen-bond acceptors (Lipinski definition) is 3. The van der Waals surface area contributed by atoms with Crippen molar-refractivity contribution in [3.63, 3.8) is 0 Å². The molecule has 0 aliphatic carbocycles. The molecule has 1 saturated heterocycles. The van der Waals surface area contributed by atoms with Crippen LogP contribution in [0.2, 0.25) is 0 Å². The van der Waals surface area contributed by atoms with Gasteiger partial charge in [-0.05, 0) is 37.1 Å². The quantitative estimate of drug-likeness (QED) is 0.721. The summed E-state index contributed by atoms with van der Waals surface area (Å²) in [5, 5.41) is 13.2. The minimum absolute atomic E-state index is 0.157. The molecule has 1 aromatic carbocycles. The summed E-state index contributed by atoms with van der Waals surface area (Å²) < 4.78 is 0. The highest BCUT2D eigenvalue weighted by Gasteiger charge is 2.21. The number of hydrogen-bond donors (Lipinski definition) is 2. The fourth-order valence-electron chi connectivity index (χ4n) is 2.16.